The van der Waals surface area contributed by atoms with E-state index in [4.69, 9.17) is 11.6 Å². The van der Waals surface area contributed by atoms with E-state index in [0.717, 1.165) is 15.9 Å². The predicted octanol–water partition coefficient (Wildman–Crippen LogP) is 4.06. The number of alkyl halides is 3. The molecule has 0 unspecified atom stereocenters. The molecule has 0 fully saturated rings. The molecule has 2 aromatic heterocycles. The fourth-order valence-corrected chi connectivity index (χ4v) is 2.45. The molecule has 0 aliphatic rings. The largest absolute Gasteiger partial charge is 0.406 e. The number of hydrogen-bond donors (Lipinski definition) is 0. The average molecular weight is 321 g/mol. The van der Waals surface area contributed by atoms with Crippen molar-refractivity contribution in [2.45, 2.75) is 12.7 Å². The van der Waals surface area contributed by atoms with Gasteiger partial charge in [0.2, 0.25) is 0 Å². The van der Waals surface area contributed by atoms with Crippen molar-refractivity contribution >= 4 is 34.8 Å². The summed E-state index contributed by atoms with van der Waals surface area (Å²) in [4.78, 5) is 15.9. The van der Waals surface area contributed by atoms with Crippen LogP contribution in [0, 0.1) is 0 Å². The number of imidazole rings is 1. The number of aromatic nitrogens is 2. The summed E-state index contributed by atoms with van der Waals surface area (Å²) in [5.74, 6) is -0.262. The third-order valence-electron chi connectivity index (χ3n) is 2.30. The van der Waals surface area contributed by atoms with Crippen molar-refractivity contribution in [3.8, 4) is 0 Å². The minimum absolute atomic E-state index is 0.0679. The van der Waals surface area contributed by atoms with Crippen LogP contribution in [0.3, 0.4) is 0 Å². The summed E-state index contributed by atoms with van der Waals surface area (Å²) in [6.45, 7) is -1.15. The van der Waals surface area contributed by atoms with Crippen LogP contribution >= 0.6 is 22.9 Å². The molecule has 0 aliphatic carbocycles. The van der Waals surface area contributed by atoms with E-state index in [-0.39, 0.29) is 11.6 Å². The first-order chi connectivity index (χ1) is 9.35. The van der Waals surface area contributed by atoms with E-state index in [9.17, 15) is 18.0 Å². The summed E-state index contributed by atoms with van der Waals surface area (Å²) in [6, 6.07) is 3.14. The lowest BCUT2D eigenvalue weighted by molar-refractivity contribution is -0.140. The number of allylic oxidation sites excluding steroid dienone is 1. The van der Waals surface area contributed by atoms with Crippen molar-refractivity contribution < 1.29 is 18.0 Å². The van der Waals surface area contributed by atoms with Gasteiger partial charge in [-0.15, -0.1) is 11.3 Å². The van der Waals surface area contributed by atoms with E-state index in [1.807, 2.05) is 0 Å². The lowest BCUT2D eigenvalue weighted by Crippen LogP contribution is -2.18. The maximum absolute atomic E-state index is 12.3. The van der Waals surface area contributed by atoms with Gasteiger partial charge in [0, 0.05) is 12.4 Å². The van der Waals surface area contributed by atoms with Crippen molar-refractivity contribution in [1.82, 2.24) is 9.55 Å². The number of carbonyl (C=O) groups is 1. The molecule has 8 heteroatoms. The molecule has 0 N–H and O–H groups in total. The number of ketones is 1. The first kappa shape index (κ1) is 14.8. The molecule has 20 heavy (non-hydrogen) atoms. The van der Waals surface area contributed by atoms with Crippen LogP contribution in [-0.4, -0.2) is 21.5 Å². The van der Waals surface area contributed by atoms with Gasteiger partial charge in [-0.05, 0) is 24.3 Å². The minimum Gasteiger partial charge on any atom is -0.322 e. The molecular formula is C12H8ClF3N2OS. The molecule has 0 saturated carbocycles. The van der Waals surface area contributed by atoms with Gasteiger partial charge >= 0.3 is 6.18 Å². The van der Waals surface area contributed by atoms with Crippen molar-refractivity contribution in [3.05, 3.63) is 45.6 Å². The smallest absolute Gasteiger partial charge is 0.322 e. The highest BCUT2D eigenvalue weighted by atomic mass is 35.5. The number of thiophene rings is 1. The topological polar surface area (TPSA) is 34.9 Å². The maximum atomic E-state index is 12.3. The SMILES string of the molecule is O=C(/C=C\c1nccn1CC(F)(F)F)c1ccc(Cl)s1. The lowest BCUT2D eigenvalue weighted by atomic mass is 10.3. The fourth-order valence-electron chi connectivity index (χ4n) is 1.49. The summed E-state index contributed by atoms with van der Waals surface area (Å²) in [5.41, 5.74) is 0. The number of hydrogen-bond acceptors (Lipinski definition) is 3. The molecule has 0 bridgehead atoms. The molecule has 0 aromatic carbocycles. The van der Waals surface area contributed by atoms with E-state index < -0.39 is 12.7 Å². The van der Waals surface area contributed by atoms with Gasteiger partial charge < -0.3 is 4.57 Å². The van der Waals surface area contributed by atoms with Crippen molar-refractivity contribution in [2.75, 3.05) is 0 Å². The molecule has 0 spiro atoms. The number of nitrogens with zero attached hydrogens (tertiary/aromatic N) is 2. The lowest BCUT2D eigenvalue weighted by Gasteiger charge is -2.08. The molecular weight excluding hydrogens is 313 g/mol. The zero-order chi connectivity index (χ0) is 14.8. The van der Waals surface area contributed by atoms with Crippen LogP contribution in [0.15, 0.2) is 30.6 Å². The molecule has 0 aliphatic heterocycles. The summed E-state index contributed by atoms with van der Waals surface area (Å²) in [5, 5.41) is 0. The van der Waals surface area contributed by atoms with Crippen LogP contribution in [-0.2, 0) is 6.54 Å². The molecule has 0 amide bonds. The molecule has 0 radical (unpaired) electrons. The van der Waals surface area contributed by atoms with Gasteiger partial charge in [-0.1, -0.05) is 11.6 Å². The highest BCUT2D eigenvalue weighted by Gasteiger charge is 2.28. The van der Waals surface area contributed by atoms with E-state index in [2.05, 4.69) is 4.98 Å². The van der Waals surface area contributed by atoms with Crippen LogP contribution in [0.5, 0.6) is 0 Å². The normalized spacial score (nSPS) is 12.2. The second-order valence-corrected chi connectivity index (χ2v) is 5.54. The van der Waals surface area contributed by atoms with Crippen molar-refractivity contribution in [3.63, 3.8) is 0 Å². The summed E-state index contributed by atoms with van der Waals surface area (Å²) in [6.07, 6.45) is 0.547. The van der Waals surface area contributed by atoms with Gasteiger partial charge in [0.25, 0.3) is 0 Å². The van der Waals surface area contributed by atoms with Crippen LogP contribution in [0.2, 0.25) is 4.34 Å². The first-order valence-electron chi connectivity index (χ1n) is 5.41. The number of halogens is 4. The van der Waals surface area contributed by atoms with Gasteiger partial charge in [-0.2, -0.15) is 13.2 Å². The Bertz CT molecular complexity index is 645. The highest BCUT2D eigenvalue weighted by Crippen LogP contribution is 2.22. The predicted molar refractivity (Wildman–Crippen MR) is 71.0 cm³/mol. The monoisotopic (exact) mass is 320 g/mol. The first-order valence-corrected chi connectivity index (χ1v) is 6.60. The zero-order valence-corrected chi connectivity index (χ0v) is 11.5. The number of carbonyl (C=O) groups excluding carboxylic acids is 1. The Morgan fingerprint density at radius 2 is 2.20 bits per heavy atom. The Morgan fingerprint density at radius 3 is 2.80 bits per heavy atom. The third-order valence-corrected chi connectivity index (χ3v) is 3.54. The van der Waals surface area contributed by atoms with Crippen molar-refractivity contribution in [2.24, 2.45) is 0 Å². The minimum atomic E-state index is -4.34. The summed E-state index contributed by atoms with van der Waals surface area (Å²) >= 11 is 6.81. The van der Waals surface area contributed by atoms with E-state index in [1.54, 1.807) is 12.1 Å². The van der Waals surface area contributed by atoms with Gasteiger partial charge in [0.15, 0.2) is 5.78 Å². The zero-order valence-electron chi connectivity index (χ0n) is 9.89. The van der Waals surface area contributed by atoms with Crippen LogP contribution < -0.4 is 0 Å². The molecule has 106 valence electrons. The summed E-state index contributed by atoms with van der Waals surface area (Å²) < 4.78 is 38.3. The molecule has 0 saturated heterocycles. The van der Waals surface area contributed by atoms with E-state index in [0.29, 0.717) is 9.21 Å². The molecule has 3 nitrogen and oxygen atoms in total. The Kier molecular flexibility index (Phi) is 4.29. The van der Waals surface area contributed by atoms with Crippen LogP contribution in [0.4, 0.5) is 13.2 Å². The molecule has 0 atom stereocenters. The molecule has 2 aromatic rings. The summed E-state index contributed by atoms with van der Waals surface area (Å²) in [7, 11) is 0. The maximum Gasteiger partial charge on any atom is 0.406 e. The Hall–Kier alpha value is -1.60. The fraction of sp³-hybridized carbons (Fsp3) is 0.167. The van der Waals surface area contributed by atoms with Crippen LogP contribution in [0.1, 0.15) is 15.5 Å². The Labute approximate surface area is 121 Å². The van der Waals surface area contributed by atoms with Crippen LogP contribution in [0.25, 0.3) is 6.08 Å². The Morgan fingerprint density at radius 1 is 1.45 bits per heavy atom. The molecule has 2 heterocycles. The second kappa shape index (κ2) is 5.80. The highest BCUT2D eigenvalue weighted by molar-refractivity contribution is 7.18. The average Bonchev–Trinajstić information content (AvgIpc) is 2.93. The second-order valence-electron chi connectivity index (χ2n) is 3.83. The third kappa shape index (κ3) is 3.94. The van der Waals surface area contributed by atoms with Gasteiger partial charge in [0.1, 0.15) is 12.4 Å². The molecule has 2 rings (SSSR count). The van der Waals surface area contributed by atoms with Gasteiger partial charge in [0.05, 0.1) is 9.21 Å². The number of rotatable bonds is 4. The van der Waals surface area contributed by atoms with Gasteiger partial charge in [-0.25, -0.2) is 4.98 Å². The van der Waals surface area contributed by atoms with Gasteiger partial charge in [-0.3, -0.25) is 4.79 Å². The quantitative estimate of drug-likeness (QED) is 0.629. The van der Waals surface area contributed by atoms with Crippen molar-refractivity contribution in [1.29, 1.82) is 0 Å². The Balaban J connectivity index is 2.12. The van der Waals surface area contributed by atoms with E-state index >= 15 is 0 Å². The standard InChI is InChI=1S/C12H8ClF3N2OS/c13-10-3-2-9(20-10)8(19)1-4-11-17-5-6-18(11)7-12(14,15)16/h1-6H,7H2/b4-1-. The van der Waals surface area contributed by atoms with E-state index in [1.165, 1.54) is 24.5 Å².